The first-order chi connectivity index (χ1) is 11.0. The highest BCUT2D eigenvalue weighted by molar-refractivity contribution is 5.89. The van der Waals surface area contributed by atoms with E-state index in [9.17, 15) is 13.6 Å². The summed E-state index contributed by atoms with van der Waals surface area (Å²) in [5.41, 5.74) is -0.116. The molecule has 23 heavy (non-hydrogen) atoms. The molecule has 0 aromatic heterocycles. The number of hydrogen-bond acceptors (Lipinski definition) is 2. The van der Waals surface area contributed by atoms with Gasteiger partial charge in [-0.1, -0.05) is 6.42 Å². The van der Waals surface area contributed by atoms with E-state index in [1.165, 1.54) is 0 Å². The van der Waals surface area contributed by atoms with Crippen LogP contribution in [0.4, 0.5) is 19.3 Å². The molecule has 0 unspecified atom stereocenters. The number of piperidine rings is 1. The first-order valence-electron chi connectivity index (χ1n) is 8.08. The molecule has 1 saturated heterocycles. The summed E-state index contributed by atoms with van der Waals surface area (Å²) < 4.78 is 32.5. The first-order valence-corrected chi connectivity index (χ1v) is 8.08. The number of carbonyl (C=O) groups is 1. The second-order valence-corrected chi connectivity index (χ2v) is 6.56. The smallest absolute Gasteiger partial charge is 0.321 e. The van der Waals surface area contributed by atoms with Gasteiger partial charge >= 0.3 is 6.03 Å². The van der Waals surface area contributed by atoms with Crippen molar-refractivity contribution in [3.63, 3.8) is 0 Å². The number of urea groups is 1. The summed E-state index contributed by atoms with van der Waals surface area (Å²) in [5, 5.41) is 2.49. The lowest BCUT2D eigenvalue weighted by molar-refractivity contribution is -0.0244. The molecule has 0 radical (unpaired) electrons. The van der Waals surface area contributed by atoms with E-state index in [1.807, 2.05) is 0 Å². The van der Waals surface area contributed by atoms with Crippen molar-refractivity contribution >= 4 is 11.7 Å². The summed E-state index contributed by atoms with van der Waals surface area (Å²) in [6.07, 6.45) is 5.28. The molecule has 1 aliphatic carbocycles. The summed E-state index contributed by atoms with van der Waals surface area (Å²) >= 11 is 0. The highest BCUT2D eigenvalue weighted by Crippen LogP contribution is 2.46. The molecule has 3 rings (SSSR count). The van der Waals surface area contributed by atoms with Gasteiger partial charge in [0.1, 0.15) is 11.6 Å². The molecule has 1 heterocycles. The molecule has 1 spiro atoms. The third kappa shape index (κ3) is 3.17. The van der Waals surface area contributed by atoms with Crippen LogP contribution in [-0.2, 0) is 4.74 Å². The number of methoxy groups -OCH3 is 1. The first kappa shape index (κ1) is 16.2. The van der Waals surface area contributed by atoms with Crippen LogP contribution in [0.25, 0.3) is 0 Å². The van der Waals surface area contributed by atoms with Crippen molar-refractivity contribution in [3.8, 4) is 0 Å². The average molecular weight is 324 g/mol. The zero-order chi connectivity index (χ0) is 16.4. The van der Waals surface area contributed by atoms with E-state index in [0.29, 0.717) is 13.1 Å². The maximum Gasteiger partial charge on any atom is 0.321 e. The number of hydrogen-bond donors (Lipinski definition) is 1. The predicted molar refractivity (Wildman–Crippen MR) is 83.3 cm³/mol. The van der Waals surface area contributed by atoms with Gasteiger partial charge in [0.25, 0.3) is 0 Å². The lowest BCUT2D eigenvalue weighted by atomic mass is 9.76. The topological polar surface area (TPSA) is 41.6 Å². The summed E-state index contributed by atoms with van der Waals surface area (Å²) in [7, 11) is 1.72. The van der Waals surface area contributed by atoms with Crippen molar-refractivity contribution in [1.29, 1.82) is 0 Å². The van der Waals surface area contributed by atoms with Crippen molar-refractivity contribution in [2.75, 3.05) is 25.5 Å². The van der Waals surface area contributed by atoms with E-state index in [1.54, 1.807) is 12.0 Å². The second kappa shape index (κ2) is 6.43. The van der Waals surface area contributed by atoms with Crippen LogP contribution in [0.1, 0.15) is 32.1 Å². The SMILES string of the molecule is CO[C@@H]1CCC[C@]12CCCN(C(=O)Nc1cc(F)ccc1F)C2. The van der Waals surface area contributed by atoms with Gasteiger partial charge in [0.15, 0.2) is 0 Å². The fourth-order valence-electron chi connectivity index (χ4n) is 4.06. The average Bonchev–Trinajstić information content (AvgIpc) is 2.92. The number of benzene rings is 1. The molecule has 1 aromatic carbocycles. The van der Waals surface area contributed by atoms with Gasteiger partial charge in [0, 0.05) is 31.7 Å². The minimum Gasteiger partial charge on any atom is -0.381 e. The summed E-state index contributed by atoms with van der Waals surface area (Å²) in [5.74, 6) is -1.21. The van der Waals surface area contributed by atoms with Gasteiger partial charge in [-0.15, -0.1) is 0 Å². The van der Waals surface area contributed by atoms with Crippen molar-refractivity contribution in [2.45, 2.75) is 38.2 Å². The number of anilines is 1. The highest BCUT2D eigenvalue weighted by atomic mass is 19.1. The normalized spacial score (nSPS) is 27.4. The van der Waals surface area contributed by atoms with Crippen LogP contribution in [-0.4, -0.2) is 37.2 Å². The lowest BCUT2D eigenvalue weighted by Gasteiger charge is -2.43. The largest absolute Gasteiger partial charge is 0.381 e. The maximum atomic E-state index is 13.7. The number of likely N-dealkylation sites (tertiary alicyclic amines) is 1. The van der Waals surface area contributed by atoms with Gasteiger partial charge in [-0.05, 0) is 37.8 Å². The molecular weight excluding hydrogens is 302 g/mol. The Bertz CT molecular complexity index is 596. The van der Waals surface area contributed by atoms with Crippen molar-refractivity contribution < 1.29 is 18.3 Å². The fraction of sp³-hybridized carbons (Fsp3) is 0.588. The minimum absolute atomic E-state index is 0.00478. The monoisotopic (exact) mass is 324 g/mol. The van der Waals surface area contributed by atoms with E-state index in [4.69, 9.17) is 4.74 Å². The molecule has 2 atom stereocenters. The number of nitrogens with zero attached hydrogens (tertiary/aromatic N) is 1. The summed E-state index contributed by atoms with van der Waals surface area (Å²) in [6, 6.07) is 2.67. The fourth-order valence-corrected chi connectivity index (χ4v) is 4.06. The lowest BCUT2D eigenvalue weighted by Crippen LogP contribution is -2.51. The molecule has 6 heteroatoms. The van der Waals surface area contributed by atoms with Crippen LogP contribution in [0, 0.1) is 17.0 Å². The summed E-state index contributed by atoms with van der Waals surface area (Å²) in [6.45, 7) is 1.23. The Hall–Kier alpha value is -1.69. The standard InChI is InChI=1S/C17H22F2N2O2/c1-23-15-4-2-7-17(15)8-3-9-21(11-17)16(22)20-14-10-12(18)5-6-13(14)19/h5-6,10,15H,2-4,7-9,11H2,1H3,(H,20,22)/t15-,17-/m1/s1. The predicted octanol–water partition coefficient (Wildman–Crippen LogP) is 3.78. The molecule has 2 fully saturated rings. The molecule has 2 amide bonds. The van der Waals surface area contributed by atoms with E-state index in [-0.39, 0.29) is 23.2 Å². The molecule has 126 valence electrons. The zero-order valence-electron chi connectivity index (χ0n) is 13.3. The van der Waals surface area contributed by atoms with Crippen molar-refractivity contribution in [1.82, 2.24) is 4.90 Å². The Morgan fingerprint density at radius 1 is 1.35 bits per heavy atom. The second-order valence-electron chi connectivity index (χ2n) is 6.56. The Kier molecular flexibility index (Phi) is 4.53. The van der Waals surface area contributed by atoms with Crippen LogP contribution >= 0.6 is 0 Å². The number of nitrogens with one attached hydrogen (secondary N) is 1. The van der Waals surface area contributed by atoms with Gasteiger partial charge < -0.3 is 15.0 Å². The number of amides is 2. The van der Waals surface area contributed by atoms with Gasteiger partial charge in [-0.3, -0.25) is 0 Å². The van der Waals surface area contributed by atoms with Crippen LogP contribution in [0.15, 0.2) is 18.2 Å². The zero-order valence-corrected chi connectivity index (χ0v) is 13.3. The third-order valence-electron chi connectivity index (χ3n) is 5.17. The van der Waals surface area contributed by atoms with Crippen LogP contribution in [0.2, 0.25) is 0 Å². The number of halogens is 2. The molecular formula is C17H22F2N2O2. The molecule has 1 N–H and O–H groups in total. The van der Waals surface area contributed by atoms with E-state index in [0.717, 1.165) is 50.3 Å². The Morgan fingerprint density at radius 3 is 2.91 bits per heavy atom. The maximum absolute atomic E-state index is 13.7. The van der Waals surface area contributed by atoms with Crippen molar-refractivity contribution in [3.05, 3.63) is 29.8 Å². The number of rotatable bonds is 2. The van der Waals surface area contributed by atoms with Crippen LogP contribution in [0.5, 0.6) is 0 Å². The Labute approximate surface area is 134 Å². The molecule has 0 bridgehead atoms. The third-order valence-corrected chi connectivity index (χ3v) is 5.17. The van der Waals surface area contributed by atoms with Crippen LogP contribution < -0.4 is 5.32 Å². The summed E-state index contributed by atoms with van der Waals surface area (Å²) in [4.78, 5) is 14.2. The highest BCUT2D eigenvalue weighted by Gasteiger charge is 2.46. The quantitative estimate of drug-likeness (QED) is 0.899. The number of carbonyl (C=O) groups excluding carboxylic acids is 1. The molecule has 1 aliphatic heterocycles. The Balaban J connectivity index is 1.71. The van der Waals surface area contributed by atoms with E-state index >= 15 is 0 Å². The minimum atomic E-state index is -0.637. The van der Waals surface area contributed by atoms with Gasteiger partial charge in [0.05, 0.1) is 11.8 Å². The van der Waals surface area contributed by atoms with E-state index < -0.39 is 11.6 Å². The van der Waals surface area contributed by atoms with E-state index in [2.05, 4.69) is 5.32 Å². The molecule has 1 saturated carbocycles. The van der Waals surface area contributed by atoms with Crippen LogP contribution in [0.3, 0.4) is 0 Å². The molecule has 4 nitrogen and oxygen atoms in total. The van der Waals surface area contributed by atoms with Gasteiger partial charge in [0.2, 0.25) is 0 Å². The van der Waals surface area contributed by atoms with Gasteiger partial charge in [-0.25, -0.2) is 13.6 Å². The molecule has 1 aromatic rings. The van der Waals surface area contributed by atoms with Gasteiger partial charge in [-0.2, -0.15) is 0 Å². The molecule has 2 aliphatic rings. The number of ether oxygens (including phenoxy) is 1. The Morgan fingerprint density at radius 2 is 2.13 bits per heavy atom. The van der Waals surface area contributed by atoms with Crippen molar-refractivity contribution in [2.24, 2.45) is 5.41 Å².